The zero-order valence-corrected chi connectivity index (χ0v) is 17.3. The molecule has 1 rings (SSSR count). The molecule has 0 aromatic rings. The third kappa shape index (κ3) is 8.08. The van der Waals surface area contributed by atoms with E-state index in [1.807, 2.05) is 19.1 Å². The van der Waals surface area contributed by atoms with E-state index in [9.17, 15) is 4.79 Å². The average Bonchev–Trinajstić information content (AvgIpc) is 2.61. The molecule has 0 radical (unpaired) electrons. The molecule has 1 aliphatic rings. The van der Waals surface area contributed by atoms with Gasteiger partial charge in [0.2, 0.25) is 5.60 Å². The van der Waals surface area contributed by atoms with Crippen LogP contribution in [0.15, 0.2) is 12.2 Å². The fraction of sp³-hybridized carbons (Fsp3) is 0.737. The van der Waals surface area contributed by atoms with Crippen LogP contribution in [-0.4, -0.2) is 47.7 Å². The van der Waals surface area contributed by atoms with Crippen molar-refractivity contribution in [1.29, 1.82) is 0 Å². The molecule has 4 nitrogen and oxygen atoms in total. The highest BCUT2D eigenvalue weighted by molar-refractivity contribution is 8.17. The zero-order chi connectivity index (χ0) is 18.5. The van der Waals surface area contributed by atoms with Gasteiger partial charge in [0.15, 0.2) is 0 Å². The van der Waals surface area contributed by atoms with E-state index in [4.69, 9.17) is 14.2 Å². The maximum Gasteiger partial charge on any atom is 0.304 e. The number of esters is 1. The van der Waals surface area contributed by atoms with Gasteiger partial charge in [0.05, 0.1) is 0 Å². The van der Waals surface area contributed by atoms with Crippen LogP contribution in [-0.2, 0) is 19.0 Å². The van der Waals surface area contributed by atoms with Crippen molar-refractivity contribution in [3.8, 4) is 11.8 Å². The van der Waals surface area contributed by atoms with Crippen molar-refractivity contribution in [2.24, 2.45) is 0 Å². The van der Waals surface area contributed by atoms with Crippen molar-refractivity contribution in [2.75, 3.05) is 25.4 Å². The highest BCUT2D eigenvalue weighted by Gasteiger charge is 2.40. The second-order valence-corrected chi connectivity index (χ2v) is 8.51. The summed E-state index contributed by atoms with van der Waals surface area (Å²) in [6.45, 7) is 5.71. The fourth-order valence-corrected chi connectivity index (χ4v) is 5.50. The van der Waals surface area contributed by atoms with Crippen molar-refractivity contribution in [3.63, 3.8) is 0 Å². The summed E-state index contributed by atoms with van der Waals surface area (Å²) in [6.07, 6.45) is 7.70. The number of unbranched alkanes of at least 4 members (excludes halogenated alkanes) is 1. The maximum absolute atomic E-state index is 11.8. The molecule has 0 bridgehead atoms. The Morgan fingerprint density at radius 1 is 1.40 bits per heavy atom. The number of carbonyl (C=O) groups excluding carboxylic acids is 1. The molecule has 0 aliphatic carbocycles. The first kappa shape index (κ1) is 22.4. The van der Waals surface area contributed by atoms with Crippen molar-refractivity contribution in [2.45, 2.75) is 62.7 Å². The summed E-state index contributed by atoms with van der Waals surface area (Å²) < 4.78 is 16.5. The third-order valence-corrected chi connectivity index (χ3v) is 6.71. The van der Waals surface area contributed by atoms with Crippen LogP contribution >= 0.6 is 23.5 Å². The molecule has 1 fully saturated rings. The number of carbonyl (C=O) groups is 1. The Kier molecular flexibility index (Phi) is 11.4. The minimum absolute atomic E-state index is 0.0723. The highest BCUT2D eigenvalue weighted by atomic mass is 32.2. The molecule has 0 saturated carbocycles. The minimum Gasteiger partial charge on any atom is -0.440 e. The molecule has 1 aliphatic heterocycles. The predicted molar refractivity (Wildman–Crippen MR) is 107 cm³/mol. The second-order valence-electron chi connectivity index (χ2n) is 5.79. The Labute approximate surface area is 160 Å². The Hall–Kier alpha value is -0.610. The number of rotatable bonds is 9. The van der Waals surface area contributed by atoms with Crippen LogP contribution in [0.5, 0.6) is 0 Å². The molecular formula is C19H30O4S2. The van der Waals surface area contributed by atoms with E-state index in [1.54, 1.807) is 30.6 Å². The lowest BCUT2D eigenvalue weighted by atomic mass is 10.0. The maximum atomic E-state index is 11.8. The summed E-state index contributed by atoms with van der Waals surface area (Å²) >= 11 is 3.61. The first-order valence-electron chi connectivity index (χ1n) is 8.77. The summed E-state index contributed by atoms with van der Waals surface area (Å²) in [7, 11) is 1.60. The fourth-order valence-electron chi connectivity index (χ4n) is 2.44. The van der Waals surface area contributed by atoms with E-state index >= 15 is 0 Å². The molecule has 6 heteroatoms. The second kappa shape index (κ2) is 12.7. The molecule has 25 heavy (non-hydrogen) atoms. The van der Waals surface area contributed by atoms with Gasteiger partial charge in [-0.15, -0.1) is 23.5 Å². The quantitative estimate of drug-likeness (QED) is 0.256. The minimum atomic E-state index is -0.919. The number of allylic oxidation sites excluding steroid dienone is 1. The van der Waals surface area contributed by atoms with Crippen molar-refractivity contribution in [1.82, 2.24) is 0 Å². The van der Waals surface area contributed by atoms with Crippen LogP contribution in [0.3, 0.4) is 0 Å². The van der Waals surface area contributed by atoms with Gasteiger partial charge in [-0.3, -0.25) is 4.79 Å². The Morgan fingerprint density at radius 2 is 2.12 bits per heavy atom. The largest absolute Gasteiger partial charge is 0.440 e. The molecule has 2 unspecified atom stereocenters. The van der Waals surface area contributed by atoms with Gasteiger partial charge < -0.3 is 14.2 Å². The number of thioether (sulfide) groups is 2. The first-order valence-corrected chi connectivity index (χ1v) is 10.9. The number of methoxy groups -OCH3 is 1. The summed E-state index contributed by atoms with van der Waals surface area (Å²) in [5.74, 6) is 8.25. The lowest BCUT2D eigenvalue weighted by Gasteiger charge is -2.35. The van der Waals surface area contributed by atoms with Crippen LogP contribution in [0.4, 0.5) is 0 Å². The van der Waals surface area contributed by atoms with Gasteiger partial charge >= 0.3 is 5.97 Å². The first-order chi connectivity index (χ1) is 12.1. The smallest absolute Gasteiger partial charge is 0.304 e. The van der Waals surface area contributed by atoms with E-state index in [-0.39, 0.29) is 23.4 Å². The van der Waals surface area contributed by atoms with Crippen LogP contribution in [0.1, 0.15) is 46.5 Å². The Balaban J connectivity index is 3.08. The predicted octanol–water partition coefficient (Wildman–Crippen LogP) is 4.24. The SMILES string of the molecule is C/C=C/C(C#CC(CCCC)OCOC)(OC(C)=O)C1SCCCS1. The van der Waals surface area contributed by atoms with Gasteiger partial charge in [-0.05, 0) is 43.3 Å². The zero-order valence-electron chi connectivity index (χ0n) is 15.7. The van der Waals surface area contributed by atoms with Crippen LogP contribution in [0.2, 0.25) is 0 Å². The van der Waals surface area contributed by atoms with Crippen molar-refractivity contribution in [3.05, 3.63) is 12.2 Å². The molecule has 0 N–H and O–H groups in total. The van der Waals surface area contributed by atoms with Crippen molar-refractivity contribution >= 4 is 29.5 Å². The van der Waals surface area contributed by atoms with E-state index in [1.165, 1.54) is 13.3 Å². The summed E-state index contributed by atoms with van der Waals surface area (Å²) in [6, 6.07) is 0. The van der Waals surface area contributed by atoms with Gasteiger partial charge in [0.1, 0.15) is 17.5 Å². The average molecular weight is 387 g/mol. The van der Waals surface area contributed by atoms with Gasteiger partial charge in [0.25, 0.3) is 0 Å². The molecule has 2 atom stereocenters. The van der Waals surface area contributed by atoms with E-state index in [2.05, 4.69) is 18.8 Å². The topological polar surface area (TPSA) is 44.8 Å². The normalized spacial score (nSPS) is 19.0. The number of hydrogen-bond acceptors (Lipinski definition) is 6. The summed E-state index contributed by atoms with van der Waals surface area (Å²) in [5, 5.41) is 0. The van der Waals surface area contributed by atoms with Gasteiger partial charge in [-0.25, -0.2) is 0 Å². The van der Waals surface area contributed by atoms with Crippen molar-refractivity contribution < 1.29 is 19.0 Å². The lowest BCUT2D eigenvalue weighted by Crippen LogP contribution is -2.41. The Bertz CT molecular complexity index is 470. The molecule has 142 valence electrons. The van der Waals surface area contributed by atoms with E-state index in [0.29, 0.717) is 0 Å². The molecule has 0 spiro atoms. The molecule has 0 amide bonds. The van der Waals surface area contributed by atoms with Crippen LogP contribution in [0, 0.1) is 11.8 Å². The monoisotopic (exact) mass is 386 g/mol. The molecule has 1 heterocycles. The summed E-state index contributed by atoms with van der Waals surface area (Å²) in [5.41, 5.74) is -0.919. The number of ether oxygens (including phenoxy) is 3. The van der Waals surface area contributed by atoms with E-state index in [0.717, 1.165) is 30.8 Å². The molecule has 1 saturated heterocycles. The van der Waals surface area contributed by atoms with Crippen LogP contribution in [0.25, 0.3) is 0 Å². The van der Waals surface area contributed by atoms with Crippen LogP contribution < -0.4 is 0 Å². The molecule has 0 aromatic heterocycles. The molecular weight excluding hydrogens is 356 g/mol. The highest BCUT2D eigenvalue weighted by Crippen LogP contribution is 2.41. The van der Waals surface area contributed by atoms with Gasteiger partial charge in [0, 0.05) is 14.0 Å². The lowest BCUT2D eigenvalue weighted by molar-refractivity contribution is -0.147. The molecule has 0 aromatic carbocycles. The third-order valence-electron chi connectivity index (χ3n) is 3.54. The van der Waals surface area contributed by atoms with E-state index < -0.39 is 5.60 Å². The standard InChI is InChI=1S/C19H30O4S2/c1-5-7-9-17(22-15-21-4)10-12-19(11-6-2,23-16(3)20)18-24-13-8-14-25-18/h6,11,17-18H,5,7-9,13-15H2,1-4H3/b11-6+. The summed E-state index contributed by atoms with van der Waals surface area (Å²) in [4.78, 5) is 11.8. The number of hydrogen-bond donors (Lipinski definition) is 0. The van der Waals surface area contributed by atoms with Gasteiger partial charge in [-0.1, -0.05) is 31.8 Å². The Morgan fingerprint density at radius 3 is 2.68 bits per heavy atom. The van der Waals surface area contributed by atoms with Gasteiger partial charge in [-0.2, -0.15) is 0 Å².